The second kappa shape index (κ2) is 9.19. The Balaban J connectivity index is 1.60. The number of fused-ring (bicyclic) bond motifs is 6. The second-order valence-corrected chi connectivity index (χ2v) is 10.2. The van der Waals surface area contributed by atoms with E-state index in [-0.39, 0.29) is 0 Å². The molecule has 1 aliphatic heterocycles. The van der Waals surface area contributed by atoms with Crippen molar-refractivity contribution in [3.05, 3.63) is 151 Å². The van der Waals surface area contributed by atoms with Crippen LogP contribution in [0.25, 0.3) is 27.5 Å². The smallest absolute Gasteiger partial charge is 0.0783 e. The maximum Gasteiger partial charge on any atom is 0.0783 e. The van der Waals surface area contributed by atoms with Crippen LogP contribution in [0.1, 0.15) is 5.56 Å². The second-order valence-electron chi connectivity index (χ2n) is 10.2. The fourth-order valence-electron chi connectivity index (χ4n) is 6.22. The molecule has 192 valence electrons. The molecule has 8 rings (SSSR count). The van der Waals surface area contributed by atoms with Gasteiger partial charge in [-0.15, -0.1) is 6.42 Å². The molecule has 0 amide bonds. The Morgan fingerprint density at radius 1 is 0.415 bits per heavy atom. The average molecular weight is 524 g/mol. The number of hydrogen-bond acceptors (Lipinski definition) is 2. The van der Waals surface area contributed by atoms with Crippen molar-refractivity contribution in [3.8, 4) is 18.0 Å². The first-order valence-electron chi connectivity index (χ1n) is 13.8. The molecule has 0 aliphatic carbocycles. The maximum atomic E-state index is 5.75. The molecule has 2 heterocycles. The van der Waals surface area contributed by atoms with E-state index in [0.29, 0.717) is 0 Å². The molecule has 0 spiro atoms. The third-order valence-electron chi connectivity index (χ3n) is 7.95. The Morgan fingerprint density at radius 3 is 1.63 bits per heavy atom. The van der Waals surface area contributed by atoms with Crippen LogP contribution in [0.5, 0.6) is 0 Å². The highest BCUT2D eigenvalue weighted by molar-refractivity contribution is 6.15. The zero-order valence-corrected chi connectivity index (χ0v) is 22.3. The van der Waals surface area contributed by atoms with Gasteiger partial charge in [-0.1, -0.05) is 78.7 Å². The lowest BCUT2D eigenvalue weighted by Gasteiger charge is -2.32. The predicted octanol–water partition coefficient (Wildman–Crippen LogP) is 10.0. The van der Waals surface area contributed by atoms with Gasteiger partial charge in [0.25, 0.3) is 0 Å². The Morgan fingerprint density at radius 2 is 0.927 bits per heavy atom. The number of benzene rings is 6. The molecule has 0 unspecified atom stereocenters. The quantitative estimate of drug-likeness (QED) is 0.209. The van der Waals surface area contributed by atoms with Gasteiger partial charge in [0.1, 0.15) is 0 Å². The van der Waals surface area contributed by atoms with Crippen LogP contribution < -0.4 is 9.80 Å². The molecule has 1 aliphatic rings. The van der Waals surface area contributed by atoms with Crippen molar-refractivity contribution >= 4 is 55.9 Å². The van der Waals surface area contributed by atoms with Gasteiger partial charge in [-0.25, -0.2) is 0 Å². The lowest BCUT2D eigenvalue weighted by atomic mass is 10.1. The Labute approximate surface area is 239 Å². The van der Waals surface area contributed by atoms with Crippen molar-refractivity contribution in [3.63, 3.8) is 0 Å². The fraction of sp³-hybridized carbons (Fsp3) is 0. The summed E-state index contributed by atoms with van der Waals surface area (Å²) in [5.74, 6) is 2.77. The summed E-state index contributed by atoms with van der Waals surface area (Å²) in [6.45, 7) is 0. The third kappa shape index (κ3) is 3.48. The minimum atomic E-state index is 0.858. The summed E-state index contributed by atoms with van der Waals surface area (Å²) in [5.41, 5.74) is 10.8. The number of para-hydroxylation sites is 7. The van der Waals surface area contributed by atoms with E-state index in [2.05, 4.69) is 154 Å². The molecule has 0 saturated carbocycles. The molecule has 7 aromatic rings. The van der Waals surface area contributed by atoms with Gasteiger partial charge >= 0.3 is 0 Å². The van der Waals surface area contributed by atoms with Crippen LogP contribution in [0.3, 0.4) is 0 Å². The zero-order valence-electron chi connectivity index (χ0n) is 22.3. The lowest BCUT2D eigenvalue weighted by Crippen LogP contribution is -2.16. The highest BCUT2D eigenvalue weighted by Crippen LogP contribution is 2.51. The SMILES string of the molecule is C#Cc1ccc(N2c3ccccc3N(c3ccccc3)c3ccccc3-n3c4ccccc4c4cccc2c43)cc1. The van der Waals surface area contributed by atoms with E-state index in [1.807, 2.05) is 12.1 Å². The van der Waals surface area contributed by atoms with Crippen molar-refractivity contribution in [2.24, 2.45) is 0 Å². The van der Waals surface area contributed by atoms with Gasteiger partial charge < -0.3 is 14.4 Å². The highest BCUT2D eigenvalue weighted by Gasteiger charge is 2.29. The van der Waals surface area contributed by atoms with E-state index in [1.54, 1.807) is 0 Å². The van der Waals surface area contributed by atoms with Crippen LogP contribution in [0.2, 0.25) is 0 Å². The summed E-state index contributed by atoms with van der Waals surface area (Å²) in [6, 6.07) is 51.6. The van der Waals surface area contributed by atoms with Crippen LogP contribution in [0, 0.1) is 12.3 Å². The van der Waals surface area contributed by atoms with Gasteiger partial charge in [-0.2, -0.15) is 0 Å². The van der Waals surface area contributed by atoms with E-state index >= 15 is 0 Å². The first-order valence-corrected chi connectivity index (χ1v) is 13.8. The minimum absolute atomic E-state index is 0.858. The number of hydrogen-bond donors (Lipinski definition) is 0. The molecule has 1 aromatic heterocycles. The molecule has 3 nitrogen and oxygen atoms in total. The maximum absolute atomic E-state index is 5.75. The molecule has 0 fully saturated rings. The molecule has 0 atom stereocenters. The number of terminal acetylenes is 1. The van der Waals surface area contributed by atoms with Crippen molar-refractivity contribution in [2.75, 3.05) is 9.80 Å². The van der Waals surface area contributed by atoms with Crippen LogP contribution in [-0.4, -0.2) is 4.57 Å². The summed E-state index contributed by atoms with van der Waals surface area (Å²) in [7, 11) is 0. The highest BCUT2D eigenvalue weighted by atomic mass is 15.2. The normalized spacial score (nSPS) is 12.3. The van der Waals surface area contributed by atoms with Crippen LogP contribution in [-0.2, 0) is 0 Å². The van der Waals surface area contributed by atoms with E-state index < -0.39 is 0 Å². The zero-order chi connectivity index (χ0) is 27.3. The summed E-state index contributed by atoms with van der Waals surface area (Å²) < 4.78 is 2.43. The summed E-state index contributed by atoms with van der Waals surface area (Å²) in [6.07, 6.45) is 5.75. The van der Waals surface area contributed by atoms with Crippen LogP contribution in [0.4, 0.5) is 34.1 Å². The minimum Gasteiger partial charge on any atom is -0.306 e. The van der Waals surface area contributed by atoms with Gasteiger partial charge in [0.15, 0.2) is 0 Å². The number of rotatable bonds is 2. The van der Waals surface area contributed by atoms with Gasteiger partial charge in [0.2, 0.25) is 0 Å². The Kier molecular flexibility index (Phi) is 5.20. The van der Waals surface area contributed by atoms with Crippen LogP contribution >= 0.6 is 0 Å². The van der Waals surface area contributed by atoms with Gasteiger partial charge in [0.05, 0.1) is 39.5 Å². The predicted molar refractivity (Wildman–Crippen MR) is 172 cm³/mol. The average Bonchev–Trinajstić information content (AvgIpc) is 3.39. The molecule has 0 bridgehead atoms. The number of nitrogens with zero attached hydrogens (tertiary/aromatic N) is 3. The molecule has 3 heteroatoms. The first-order chi connectivity index (χ1) is 20.3. The molecule has 41 heavy (non-hydrogen) atoms. The van der Waals surface area contributed by atoms with Gasteiger partial charge in [-0.3, -0.25) is 0 Å². The van der Waals surface area contributed by atoms with Crippen molar-refractivity contribution in [2.45, 2.75) is 0 Å². The number of aromatic nitrogens is 1. The summed E-state index contributed by atoms with van der Waals surface area (Å²) in [4.78, 5) is 4.75. The van der Waals surface area contributed by atoms with Gasteiger partial charge in [0, 0.05) is 27.7 Å². The summed E-state index contributed by atoms with van der Waals surface area (Å²) >= 11 is 0. The molecule has 0 N–H and O–H groups in total. The van der Waals surface area contributed by atoms with E-state index in [0.717, 1.165) is 50.9 Å². The van der Waals surface area contributed by atoms with Crippen molar-refractivity contribution in [1.29, 1.82) is 0 Å². The van der Waals surface area contributed by atoms with Crippen molar-refractivity contribution < 1.29 is 0 Å². The topological polar surface area (TPSA) is 11.4 Å². The first kappa shape index (κ1) is 23.2. The standard InChI is InChI=1S/C38H25N3/c1-2-27-23-25-29(26-24-27)40-34-19-9-8-18-33(34)39(28-13-4-3-5-14-28)35-20-10-11-21-36(35)41-32-17-7-6-15-30(32)31-16-12-22-37(40)38(31)41/h1,3-26H. The van der Waals surface area contributed by atoms with E-state index in [1.165, 1.54) is 16.3 Å². The molecule has 6 aromatic carbocycles. The third-order valence-corrected chi connectivity index (χ3v) is 7.95. The van der Waals surface area contributed by atoms with Gasteiger partial charge in [-0.05, 0) is 72.8 Å². The molecular weight excluding hydrogens is 498 g/mol. The molecule has 0 radical (unpaired) electrons. The largest absolute Gasteiger partial charge is 0.306 e. The lowest BCUT2D eigenvalue weighted by molar-refractivity contribution is 1.15. The Bertz CT molecular complexity index is 2110. The number of anilines is 6. The molecular formula is C38H25N3. The Hall–Kier alpha value is -5.72. The van der Waals surface area contributed by atoms with E-state index in [4.69, 9.17) is 6.42 Å². The van der Waals surface area contributed by atoms with Crippen LogP contribution in [0.15, 0.2) is 146 Å². The van der Waals surface area contributed by atoms with E-state index in [9.17, 15) is 0 Å². The molecule has 0 saturated heterocycles. The van der Waals surface area contributed by atoms with Crippen molar-refractivity contribution in [1.82, 2.24) is 4.57 Å². The summed E-state index contributed by atoms with van der Waals surface area (Å²) in [5, 5.41) is 2.44. The monoisotopic (exact) mass is 523 g/mol. The fourth-order valence-corrected chi connectivity index (χ4v) is 6.22.